The van der Waals surface area contributed by atoms with Gasteiger partial charge >= 0.3 is 0 Å². The van der Waals surface area contributed by atoms with Crippen molar-refractivity contribution in [2.24, 2.45) is 0 Å². The summed E-state index contributed by atoms with van der Waals surface area (Å²) in [6.07, 6.45) is 1.01. The number of benzene rings is 3. The Kier molecular flexibility index (Phi) is 8.61. The summed E-state index contributed by atoms with van der Waals surface area (Å²) in [6.45, 7) is 19.8. The third-order valence-corrected chi connectivity index (χ3v) is 7.12. The molecular formula is C31H42N2. The standard InChI is InChI=1S/C31H42N2/c1-8-32(9-2)28-17-16-27(24(6)20-28)22-31(26-14-12-23(5)13-15-26)30-19-18-29(21-25(30)7)33(10-3)11-4/h12-21,31H,8-11,22H2,1-7H3. The van der Waals surface area contributed by atoms with Gasteiger partial charge < -0.3 is 9.80 Å². The summed E-state index contributed by atoms with van der Waals surface area (Å²) in [7, 11) is 0. The van der Waals surface area contributed by atoms with Crippen LogP contribution in [0.2, 0.25) is 0 Å². The van der Waals surface area contributed by atoms with Crippen molar-refractivity contribution in [2.45, 2.75) is 60.8 Å². The summed E-state index contributed by atoms with van der Waals surface area (Å²) >= 11 is 0. The second kappa shape index (κ2) is 11.4. The molecule has 0 aliphatic heterocycles. The molecule has 0 heterocycles. The fourth-order valence-electron chi connectivity index (χ4n) is 4.96. The van der Waals surface area contributed by atoms with Crippen LogP contribution in [0.25, 0.3) is 0 Å². The van der Waals surface area contributed by atoms with Crippen LogP contribution in [-0.4, -0.2) is 26.2 Å². The molecule has 0 saturated carbocycles. The molecular weight excluding hydrogens is 400 g/mol. The van der Waals surface area contributed by atoms with Crippen LogP contribution in [0.1, 0.15) is 67.0 Å². The van der Waals surface area contributed by atoms with Crippen molar-refractivity contribution in [1.29, 1.82) is 0 Å². The fraction of sp³-hybridized carbons (Fsp3) is 0.419. The molecule has 0 N–H and O–H groups in total. The Morgan fingerprint density at radius 1 is 0.606 bits per heavy atom. The van der Waals surface area contributed by atoms with Crippen LogP contribution < -0.4 is 9.80 Å². The molecule has 0 radical (unpaired) electrons. The van der Waals surface area contributed by atoms with Crippen molar-refractivity contribution < 1.29 is 0 Å². The molecule has 3 rings (SSSR count). The zero-order chi connectivity index (χ0) is 24.0. The van der Waals surface area contributed by atoms with Gasteiger partial charge in [-0.25, -0.2) is 0 Å². The molecule has 1 atom stereocenters. The maximum atomic E-state index is 2.42. The Labute approximate surface area is 202 Å². The highest BCUT2D eigenvalue weighted by Crippen LogP contribution is 2.34. The van der Waals surface area contributed by atoms with E-state index < -0.39 is 0 Å². The maximum Gasteiger partial charge on any atom is 0.0368 e. The summed E-state index contributed by atoms with van der Waals surface area (Å²) in [4.78, 5) is 4.85. The molecule has 0 aromatic heterocycles. The lowest BCUT2D eigenvalue weighted by Crippen LogP contribution is -2.22. The lowest BCUT2D eigenvalue weighted by molar-refractivity contribution is 0.790. The molecule has 0 aliphatic rings. The Hall–Kier alpha value is -2.74. The zero-order valence-electron chi connectivity index (χ0n) is 21.8. The van der Waals surface area contributed by atoms with Crippen molar-refractivity contribution in [1.82, 2.24) is 0 Å². The first-order valence-corrected chi connectivity index (χ1v) is 12.7. The van der Waals surface area contributed by atoms with Crippen molar-refractivity contribution in [3.8, 4) is 0 Å². The molecule has 0 spiro atoms. The molecule has 33 heavy (non-hydrogen) atoms. The lowest BCUT2D eigenvalue weighted by Gasteiger charge is -2.26. The third kappa shape index (κ3) is 5.79. The predicted octanol–water partition coefficient (Wildman–Crippen LogP) is 7.68. The molecule has 3 aromatic carbocycles. The van der Waals surface area contributed by atoms with Gasteiger partial charge in [0.2, 0.25) is 0 Å². The van der Waals surface area contributed by atoms with Crippen LogP contribution in [0, 0.1) is 20.8 Å². The number of aryl methyl sites for hydroxylation is 3. The van der Waals surface area contributed by atoms with E-state index in [2.05, 4.69) is 119 Å². The lowest BCUT2D eigenvalue weighted by atomic mass is 9.82. The number of rotatable bonds is 10. The minimum absolute atomic E-state index is 0.342. The van der Waals surface area contributed by atoms with Crippen LogP contribution in [0.4, 0.5) is 11.4 Å². The summed E-state index contributed by atoms with van der Waals surface area (Å²) in [5, 5.41) is 0. The van der Waals surface area contributed by atoms with E-state index in [9.17, 15) is 0 Å². The van der Waals surface area contributed by atoms with Gasteiger partial charge in [-0.05, 0) is 107 Å². The monoisotopic (exact) mass is 442 g/mol. The summed E-state index contributed by atoms with van der Waals surface area (Å²) in [5.74, 6) is 0.342. The quantitative estimate of drug-likeness (QED) is 0.318. The van der Waals surface area contributed by atoms with E-state index in [-0.39, 0.29) is 0 Å². The van der Waals surface area contributed by atoms with Crippen molar-refractivity contribution in [3.05, 3.63) is 94.0 Å². The predicted molar refractivity (Wildman–Crippen MR) is 146 cm³/mol. The highest BCUT2D eigenvalue weighted by molar-refractivity contribution is 5.54. The van der Waals surface area contributed by atoms with Gasteiger partial charge in [0.05, 0.1) is 0 Å². The van der Waals surface area contributed by atoms with E-state index in [0.29, 0.717) is 5.92 Å². The van der Waals surface area contributed by atoms with E-state index in [4.69, 9.17) is 0 Å². The summed E-state index contributed by atoms with van der Waals surface area (Å²) in [5.41, 5.74) is 11.0. The van der Waals surface area contributed by atoms with Gasteiger partial charge in [0.1, 0.15) is 0 Å². The molecule has 176 valence electrons. The molecule has 0 fully saturated rings. The van der Waals surface area contributed by atoms with Gasteiger partial charge in [-0.3, -0.25) is 0 Å². The van der Waals surface area contributed by atoms with E-state index in [1.807, 2.05) is 0 Å². The number of hydrogen-bond donors (Lipinski definition) is 0. The van der Waals surface area contributed by atoms with Gasteiger partial charge in [0.15, 0.2) is 0 Å². The number of hydrogen-bond acceptors (Lipinski definition) is 2. The van der Waals surface area contributed by atoms with Gasteiger partial charge in [0.25, 0.3) is 0 Å². The van der Waals surface area contributed by atoms with Crippen LogP contribution >= 0.6 is 0 Å². The van der Waals surface area contributed by atoms with Gasteiger partial charge in [-0.15, -0.1) is 0 Å². The normalized spacial score (nSPS) is 12.0. The minimum Gasteiger partial charge on any atom is -0.372 e. The van der Waals surface area contributed by atoms with E-state index in [1.54, 1.807) is 0 Å². The first-order valence-electron chi connectivity index (χ1n) is 12.7. The van der Waals surface area contributed by atoms with E-state index >= 15 is 0 Å². The average Bonchev–Trinajstić information content (AvgIpc) is 2.81. The first-order chi connectivity index (χ1) is 15.9. The number of nitrogens with zero attached hydrogens (tertiary/aromatic N) is 2. The van der Waals surface area contributed by atoms with Gasteiger partial charge in [-0.1, -0.05) is 42.0 Å². The Bertz CT molecular complexity index is 1030. The fourth-order valence-corrected chi connectivity index (χ4v) is 4.96. The van der Waals surface area contributed by atoms with Crippen LogP contribution in [0.15, 0.2) is 60.7 Å². The highest BCUT2D eigenvalue weighted by atomic mass is 15.1. The van der Waals surface area contributed by atoms with E-state index in [1.165, 1.54) is 44.8 Å². The Balaban J connectivity index is 2.01. The maximum absolute atomic E-state index is 2.42. The summed E-state index contributed by atoms with van der Waals surface area (Å²) < 4.78 is 0. The molecule has 0 bridgehead atoms. The Morgan fingerprint density at radius 3 is 1.61 bits per heavy atom. The molecule has 0 saturated heterocycles. The van der Waals surface area contributed by atoms with Gasteiger partial charge in [0, 0.05) is 43.5 Å². The second-order valence-corrected chi connectivity index (χ2v) is 9.16. The third-order valence-electron chi connectivity index (χ3n) is 7.12. The Morgan fingerprint density at radius 2 is 1.12 bits per heavy atom. The van der Waals surface area contributed by atoms with Crippen molar-refractivity contribution in [2.75, 3.05) is 36.0 Å². The molecule has 3 aromatic rings. The van der Waals surface area contributed by atoms with Crippen molar-refractivity contribution >= 4 is 11.4 Å². The average molecular weight is 443 g/mol. The SMILES string of the molecule is CCN(CC)c1ccc(CC(c2ccc(C)cc2)c2ccc(N(CC)CC)cc2C)c(C)c1. The molecule has 0 amide bonds. The first kappa shape index (κ1) is 24.9. The van der Waals surface area contributed by atoms with Crippen LogP contribution in [-0.2, 0) is 6.42 Å². The second-order valence-electron chi connectivity index (χ2n) is 9.16. The highest BCUT2D eigenvalue weighted by Gasteiger charge is 2.19. The smallest absolute Gasteiger partial charge is 0.0368 e. The topological polar surface area (TPSA) is 6.48 Å². The van der Waals surface area contributed by atoms with Crippen LogP contribution in [0.5, 0.6) is 0 Å². The molecule has 0 aliphatic carbocycles. The van der Waals surface area contributed by atoms with Crippen molar-refractivity contribution in [3.63, 3.8) is 0 Å². The van der Waals surface area contributed by atoms with E-state index in [0.717, 1.165) is 32.6 Å². The molecule has 2 nitrogen and oxygen atoms in total. The van der Waals surface area contributed by atoms with Crippen LogP contribution in [0.3, 0.4) is 0 Å². The largest absolute Gasteiger partial charge is 0.372 e. The van der Waals surface area contributed by atoms with Gasteiger partial charge in [-0.2, -0.15) is 0 Å². The molecule has 1 unspecified atom stereocenters. The minimum atomic E-state index is 0.342. The molecule has 2 heteroatoms. The zero-order valence-corrected chi connectivity index (χ0v) is 21.8. The summed E-state index contributed by atoms with van der Waals surface area (Å²) in [6, 6.07) is 23.2. The number of anilines is 2.